The number of halogens is 1. The van der Waals surface area contributed by atoms with Crippen molar-refractivity contribution >= 4 is 17.3 Å². The molecule has 0 aliphatic heterocycles. The van der Waals surface area contributed by atoms with Crippen LogP contribution in [-0.4, -0.2) is 25.4 Å². The topological polar surface area (TPSA) is 50.7 Å². The van der Waals surface area contributed by atoms with Gasteiger partial charge in [-0.3, -0.25) is 0 Å². The van der Waals surface area contributed by atoms with E-state index in [1.165, 1.54) is 0 Å². The van der Waals surface area contributed by atoms with Crippen LogP contribution in [0, 0.1) is 5.41 Å². The molecule has 0 radical (unpaired) electrons. The zero-order valence-electron chi connectivity index (χ0n) is 16.1. The van der Waals surface area contributed by atoms with E-state index in [0.29, 0.717) is 34.3 Å². The third kappa shape index (κ3) is 5.05. The monoisotopic (exact) mass is 377 g/mol. The molecule has 4 nitrogen and oxygen atoms in total. The van der Waals surface area contributed by atoms with Gasteiger partial charge in [-0.1, -0.05) is 50.6 Å². The van der Waals surface area contributed by atoms with Crippen LogP contribution in [0.4, 0.5) is 5.69 Å². The summed E-state index contributed by atoms with van der Waals surface area (Å²) < 4.78 is 11.2. The maximum absolute atomic E-state index is 11.1. The fraction of sp³-hybridized carbons (Fsp3) is 0.429. The standard InChI is InChI=1S/C21H28ClNO3/c1-6-26-18-12-14(22)11-16(19(18)23-13-21(2,3)4)20(24)15-9-7-8-10-17(15)25-5/h7-12,20,23-24H,6,13H2,1-5H3/t20-/m0/s1. The van der Waals surface area contributed by atoms with Gasteiger partial charge in [0.2, 0.25) is 0 Å². The molecule has 2 aromatic carbocycles. The van der Waals surface area contributed by atoms with Crippen molar-refractivity contribution in [1.29, 1.82) is 0 Å². The fourth-order valence-corrected chi connectivity index (χ4v) is 2.91. The summed E-state index contributed by atoms with van der Waals surface area (Å²) in [6.07, 6.45) is -0.897. The summed E-state index contributed by atoms with van der Waals surface area (Å²) in [5.41, 5.74) is 2.16. The van der Waals surface area contributed by atoms with E-state index in [9.17, 15) is 5.11 Å². The number of anilines is 1. The minimum Gasteiger partial charge on any atom is -0.496 e. The predicted octanol–water partition coefficient (Wildman–Crippen LogP) is 5.29. The second kappa shape index (κ2) is 8.65. The van der Waals surface area contributed by atoms with E-state index in [0.717, 1.165) is 12.2 Å². The molecule has 0 spiro atoms. The molecule has 0 aliphatic carbocycles. The second-order valence-electron chi connectivity index (χ2n) is 7.36. The first-order valence-corrected chi connectivity index (χ1v) is 9.15. The molecule has 142 valence electrons. The van der Waals surface area contributed by atoms with Crippen LogP contribution in [0.25, 0.3) is 0 Å². The van der Waals surface area contributed by atoms with Gasteiger partial charge in [0.25, 0.3) is 0 Å². The average Bonchev–Trinajstić information content (AvgIpc) is 2.59. The smallest absolute Gasteiger partial charge is 0.144 e. The Balaban J connectivity index is 2.54. The Hall–Kier alpha value is -1.91. The van der Waals surface area contributed by atoms with Crippen molar-refractivity contribution in [2.24, 2.45) is 5.41 Å². The number of rotatable bonds is 7. The molecule has 1 atom stereocenters. The van der Waals surface area contributed by atoms with Crippen LogP contribution >= 0.6 is 11.6 Å². The molecule has 0 saturated heterocycles. The molecule has 2 N–H and O–H groups in total. The van der Waals surface area contributed by atoms with Crippen LogP contribution in [0.5, 0.6) is 11.5 Å². The van der Waals surface area contributed by atoms with Crippen LogP contribution in [0.1, 0.15) is 44.9 Å². The van der Waals surface area contributed by atoms with Gasteiger partial charge >= 0.3 is 0 Å². The Labute approximate surface area is 161 Å². The summed E-state index contributed by atoms with van der Waals surface area (Å²) in [7, 11) is 1.59. The highest BCUT2D eigenvalue weighted by atomic mass is 35.5. The Morgan fingerprint density at radius 3 is 2.42 bits per heavy atom. The number of benzene rings is 2. The summed E-state index contributed by atoms with van der Waals surface area (Å²) in [5, 5.41) is 15.0. The van der Waals surface area contributed by atoms with E-state index in [-0.39, 0.29) is 5.41 Å². The number of aliphatic hydroxyl groups excluding tert-OH is 1. The fourth-order valence-electron chi connectivity index (χ4n) is 2.69. The van der Waals surface area contributed by atoms with E-state index in [2.05, 4.69) is 26.1 Å². The van der Waals surface area contributed by atoms with E-state index in [1.807, 2.05) is 31.2 Å². The second-order valence-corrected chi connectivity index (χ2v) is 7.80. The average molecular weight is 378 g/mol. The van der Waals surface area contributed by atoms with E-state index in [4.69, 9.17) is 21.1 Å². The van der Waals surface area contributed by atoms with E-state index in [1.54, 1.807) is 19.2 Å². The Morgan fingerprint density at radius 2 is 1.81 bits per heavy atom. The molecule has 0 amide bonds. The molecule has 2 rings (SSSR count). The molecule has 0 bridgehead atoms. The molecule has 0 unspecified atom stereocenters. The lowest BCUT2D eigenvalue weighted by Gasteiger charge is -2.25. The minimum absolute atomic E-state index is 0.0653. The zero-order valence-corrected chi connectivity index (χ0v) is 16.9. The first-order valence-electron chi connectivity index (χ1n) is 8.78. The molecule has 0 heterocycles. The van der Waals surface area contributed by atoms with Crippen molar-refractivity contribution in [3.8, 4) is 11.5 Å². The molecular formula is C21H28ClNO3. The van der Waals surface area contributed by atoms with E-state index < -0.39 is 6.10 Å². The van der Waals surface area contributed by atoms with Crippen molar-refractivity contribution < 1.29 is 14.6 Å². The maximum atomic E-state index is 11.1. The van der Waals surface area contributed by atoms with Crippen LogP contribution in [0.3, 0.4) is 0 Å². The SMILES string of the molecule is CCOc1cc(Cl)cc([C@@H](O)c2ccccc2OC)c1NCC(C)(C)C. The lowest BCUT2D eigenvalue weighted by molar-refractivity contribution is 0.214. The zero-order chi connectivity index (χ0) is 19.3. The van der Waals surface area contributed by atoms with Gasteiger partial charge in [-0.2, -0.15) is 0 Å². The minimum atomic E-state index is -0.897. The molecule has 0 fully saturated rings. The number of ether oxygens (including phenoxy) is 2. The van der Waals surface area contributed by atoms with Gasteiger partial charge < -0.3 is 19.9 Å². The summed E-state index contributed by atoms with van der Waals surface area (Å²) in [6.45, 7) is 9.59. The third-order valence-corrected chi connectivity index (χ3v) is 4.14. The normalized spacial score (nSPS) is 12.6. The predicted molar refractivity (Wildman–Crippen MR) is 108 cm³/mol. The summed E-state index contributed by atoms with van der Waals surface area (Å²) >= 11 is 6.30. The highest BCUT2D eigenvalue weighted by Crippen LogP contribution is 2.40. The number of hydrogen-bond donors (Lipinski definition) is 2. The lowest BCUT2D eigenvalue weighted by Crippen LogP contribution is -2.21. The third-order valence-electron chi connectivity index (χ3n) is 3.92. The molecular weight excluding hydrogens is 350 g/mol. The van der Waals surface area contributed by atoms with E-state index >= 15 is 0 Å². The molecule has 2 aromatic rings. The number of hydrogen-bond acceptors (Lipinski definition) is 4. The number of methoxy groups -OCH3 is 1. The van der Waals surface area contributed by atoms with Gasteiger partial charge in [-0.05, 0) is 24.5 Å². The van der Waals surface area contributed by atoms with Crippen LogP contribution < -0.4 is 14.8 Å². The first-order chi connectivity index (χ1) is 12.3. The Kier molecular flexibility index (Phi) is 6.79. The van der Waals surface area contributed by atoms with Crippen molar-refractivity contribution in [3.05, 3.63) is 52.5 Å². The van der Waals surface area contributed by atoms with Gasteiger partial charge in [0, 0.05) is 28.8 Å². The number of aliphatic hydroxyl groups is 1. The highest BCUT2D eigenvalue weighted by molar-refractivity contribution is 6.31. The van der Waals surface area contributed by atoms with Crippen LogP contribution in [-0.2, 0) is 0 Å². The quantitative estimate of drug-likeness (QED) is 0.688. The van der Waals surface area contributed by atoms with Crippen molar-refractivity contribution in [2.75, 3.05) is 25.6 Å². The van der Waals surface area contributed by atoms with Crippen LogP contribution in [0.2, 0.25) is 5.02 Å². The number of para-hydroxylation sites is 1. The van der Waals surface area contributed by atoms with Crippen molar-refractivity contribution in [3.63, 3.8) is 0 Å². The van der Waals surface area contributed by atoms with Crippen LogP contribution in [0.15, 0.2) is 36.4 Å². The number of nitrogens with one attached hydrogen (secondary N) is 1. The molecule has 26 heavy (non-hydrogen) atoms. The van der Waals surface area contributed by atoms with Gasteiger partial charge in [-0.15, -0.1) is 0 Å². The van der Waals surface area contributed by atoms with Gasteiger partial charge in [-0.25, -0.2) is 0 Å². The Bertz CT molecular complexity index is 741. The largest absolute Gasteiger partial charge is 0.496 e. The molecule has 5 heteroatoms. The summed E-state index contributed by atoms with van der Waals surface area (Å²) in [5.74, 6) is 1.26. The summed E-state index contributed by atoms with van der Waals surface area (Å²) in [4.78, 5) is 0. The highest BCUT2D eigenvalue weighted by Gasteiger charge is 2.23. The van der Waals surface area contributed by atoms with Gasteiger partial charge in [0.15, 0.2) is 0 Å². The maximum Gasteiger partial charge on any atom is 0.144 e. The first kappa shape index (κ1) is 20.4. The molecule has 0 aromatic heterocycles. The van der Waals surface area contributed by atoms with Gasteiger partial charge in [0.1, 0.15) is 17.6 Å². The molecule has 0 aliphatic rings. The Morgan fingerprint density at radius 1 is 1.12 bits per heavy atom. The lowest BCUT2D eigenvalue weighted by atomic mass is 9.95. The summed E-state index contributed by atoms with van der Waals surface area (Å²) in [6, 6.07) is 11.0. The van der Waals surface area contributed by atoms with Crippen molar-refractivity contribution in [2.45, 2.75) is 33.8 Å². The molecule has 0 saturated carbocycles. The van der Waals surface area contributed by atoms with Crippen molar-refractivity contribution in [1.82, 2.24) is 0 Å². The van der Waals surface area contributed by atoms with Gasteiger partial charge in [0.05, 0.1) is 19.4 Å².